The molecule has 0 fully saturated rings. The van der Waals surface area contributed by atoms with Crippen LogP contribution in [0.4, 0.5) is 0 Å². The van der Waals surface area contributed by atoms with Crippen LogP contribution >= 0.6 is 0 Å². The maximum absolute atomic E-state index is 11.2. The maximum atomic E-state index is 11.2. The van der Waals surface area contributed by atoms with Crippen LogP contribution in [0.25, 0.3) is 0 Å². The predicted molar refractivity (Wildman–Crippen MR) is 69.3 cm³/mol. The number of rotatable bonds is 6. The molecule has 0 aliphatic heterocycles. The Labute approximate surface area is 108 Å². The summed E-state index contributed by atoms with van der Waals surface area (Å²) in [7, 11) is 1.35. The molecule has 5 heteroatoms. The van der Waals surface area contributed by atoms with Crippen LogP contribution in [0.15, 0.2) is 12.3 Å². The Hall–Kier alpha value is -1.33. The lowest BCUT2D eigenvalue weighted by atomic mass is 9.92. The summed E-state index contributed by atoms with van der Waals surface area (Å²) in [6.07, 6.45) is 1.75. The molecule has 1 atom stereocenters. The summed E-state index contributed by atoms with van der Waals surface area (Å²) in [4.78, 5) is 14.1. The van der Waals surface area contributed by atoms with Crippen molar-refractivity contribution in [3.8, 4) is 0 Å². The molecule has 0 saturated carbocycles. The third kappa shape index (κ3) is 3.85. The van der Waals surface area contributed by atoms with Crippen molar-refractivity contribution < 1.29 is 14.6 Å². The molecule has 0 aromatic carbocycles. The number of ether oxygens (including phenoxy) is 1. The van der Waals surface area contributed by atoms with Crippen molar-refractivity contribution in [2.24, 2.45) is 5.92 Å². The molecular weight excluding hydrogens is 232 g/mol. The smallest absolute Gasteiger partial charge is 0.354 e. The van der Waals surface area contributed by atoms with E-state index < -0.39 is 5.60 Å². The molecule has 1 heterocycles. The largest absolute Gasteiger partial charge is 0.464 e. The number of esters is 1. The summed E-state index contributed by atoms with van der Waals surface area (Å²) in [5, 5.41) is 13.2. The van der Waals surface area contributed by atoms with E-state index in [2.05, 4.69) is 15.0 Å². The van der Waals surface area contributed by atoms with E-state index in [0.717, 1.165) is 5.56 Å². The summed E-state index contributed by atoms with van der Waals surface area (Å²) >= 11 is 0. The summed E-state index contributed by atoms with van der Waals surface area (Å²) in [5.74, 6) is -0.197. The molecule has 3 N–H and O–H groups in total. The molecule has 18 heavy (non-hydrogen) atoms. The fraction of sp³-hybridized carbons (Fsp3) is 0.615. The third-order valence-electron chi connectivity index (χ3n) is 3.20. The summed E-state index contributed by atoms with van der Waals surface area (Å²) in [6.45, 7) is 6.86. The highest BCUT2D eigenvalue weighted by Crippen LogP contribution is 2.14. The number of aromatic nitrogens is 1. The van der Waals surface area contributed by atoms with E-state index in [1.54, 1.807) is 12.3 Å². The Kier molecular flexibility index (Phi) is 4.93. The predicted octanol–water partition coefficient (Wildman–Crippen LogP) is 1.30. The fourth-order valence-corrected chi connectivity index (χ4v) is 1.43. The lowest BCUT2D eigenvalue weighted by Gasteiger charge is -2.27. The van der Waals surface area contributed by atoms with Crippen molar-refractivity contribution in [1.29, 1.82) is 0 Å². The Morgan fingerprint density at radius 1 is 1.61 bits per heavy atom. The molecule has 0 aliphatic carbocycles. The van der Waals surface area contributed by atoms with Gasteiger partial charge in [0.05, 0.1) is 12.7 Å². The van der Waals surface area contributed by atoms with E-state index >= 15 is 0 Å². The van der Waals surface area contributed by atoms with Gasteiger partial charge in [0, 0.05) is 19.3 Å². The number of H-pyrrole nitrogens is 1. The van der Waals surface area contributed by atoms with Crippen LogP contribution in [0, 0.1) is 5.92 Å². The third-order valence-corrected chi connectivity index (χ3v) is 3.20. The van der Waals surface area contributed by atoms with Gasteiger partial charge in [-0.25, -0.2) is 4.79 Å². The minimum absolute atomic E-state index is 0.182. The number of carbonyl (C=O) groups excluding carboxylic acids is 1. The maximum Gasteiger partial charge on any atom is 0.354 e. The molecule has 0 aliphatic rings. The highest BCUT2D eigenvalue weighted by atomic mass is 16.5. The van der Waals surface area contributed by atoms with Crippen molar-refractivity contribution in [2.45, 2.75) is 32.9 Å². The SMILES string of the molecule is COC(=O)c1cc(CNCC(C)(O)C(C)C)c[nH]1. The Morgan fingerprint density at radius 3 is 2.83 bits per heavy atom. The second-order valence-electron chi connectivity index (χ2n) is 5.03. The van der Waals surface area contributed by atoms with Crippen LogP contribution in [0.2, 0.25) is 0 Å². The molecule has 1 aromatic heterocycles. The zero-order chi connectivity index (χ0) is 13.8. The average molecular weight is 254 g/mol. The van der Waals surface area contributed by atoms with Gasteiger partial charge in [-0.3, -0.25) is 0 Å². The molecule has 0 spiro atoms. The molecule has 0 saturated heterocycles. The van der Waals surface area contributed by atoms with Gasteiger partial charge in [-0.2, -0.15) is 0 Å². The van der Waals surface area contributed by atoms with Crippen molar-refractivity contribution in [3.63, 3.8) is 0 Å². The van der Waals surface area contributed by atoms with Crippen LogP contribution in [-0.4, -0.2) is 35.3 Å². The Balaban J connectivity index is 2.45. The van der Waals surface area contributed by atoms with Gasteiger partial charge in [0.15, 0.2) is 0 Å². The number of methoxy groups -OCH3 is 1. The molecular formula is C13H22N2O3. The van der Waals surface area contributed by atoms with Gasteiger partial charge in [-0.15, -0.1) is 0 Å². The van der Waals surface area contributed by atoms with E-state index in [1.165, 1.54) is 7.11 Å². The normalized spacial score (nSPS) is 14.6. The molecule has 1 unspecified atom stereocenters. The second kappa shape index (κ2) is 6.02. The average Bonchev–Trinajstić information content (AvgIpc) is 2.76. The number of carbonyl (C=O) groups is 1. The lowest BCUT2D eigenvalue weighted by Crippen LogP contribution is -2.41. The molecule has 0 amide bonds. The summed E-state index contributed by atoms with van der Waals surface area (Å²) in [5.41, 5.74) is 0.654. The van der Waals surface area contributed by atoms with Crippen LogP contribution < -0.4 is 5.32 Å². The molecule has 5 nitrogen and oxygen atoms in total. The van der Waals surface area contributed by atoms with Crippen LogP contribution in [0.3, 0.4) is 0 Å². The van der Waals surface area contributed by atoms with Gasteiger partial charge >= 0.3 is 5.97 Å². The van der Waals surface area contributed by atoms with Crippen molar-refractivity contribution in [2.75, 3.05) is 13.7 Å². The first-order valence-corrected chi connectivity index (χ1v) is 6.05. The monoisotopic (exact) mass is 254 g/mol. The fourth-order valence-electron chi connectivity index (χ4n) is 1.43. The van der Waals surface area contributed by atoms with Crippen LogP contribution in [0.5, 0.6) is 0 Å². The van der Waals surface area contributed by atoms with Gasteiger partial charge in [0.1, 0.15) is 5.69 Å². The highest BCUT2D eigenvalue weighted by molar-refractivity contribution is 5.87. The number of hydrogen-bond donors (Lipinski definition) is 3. The quantitative estimate of drug-likeness (QED) is 0.669. The minimum atomic E-state index is -0.735. The van der Waals surface area contributed by atoms with Crippen LogP contribution in [0.1, 0.15) is 36.8 Å². The Morgan fingerprint density at radius 2 is 2.28 bits per heavy atom. The van der Waals surface area contributed by atoms with Gasteiger partial charge in [0.25, 0.3) is 0 Å². The van der Waals surface area contributed by atoms with Crippen molar-refractivity contribution in [3.05, 3.63) is 23.5 Å². The van der Waals surface area contributed by atoms with Crippen LogP contribution in [-0.2, 0) is 11.3 Å². The summed E-state index contributed by atoms with van der Waals surface area (Å²) < 4.78 is 4.61. The Bertz CT molecular complexity index is 397. The molecule has 1 rings (SSSR count). The molecule has 102 valence electrons. The van der Waals surface area contributed by atoms with E-state index in [4.69, 9.17) is 0 Å². The minimum Gasteiger partial charge on any atom is -0.464 e. The molecule has 1 aromatic rings. The van der Waals surface area contributed by atoms with Crippen molar-refractivity contribution >= 4 is 5.97 Å². The van der Waals surface area contributed by atoms with Gasteiger partial charge in [-0.05, 0) is 24.5 Å². The first-order valence-electron chi connectivity index (χ1n) is 6.05. The van der Waals surface area contributed by atoms with E-state index in [0.29, 0.717) is 18.8 Å². The zero-order valence-corrected chi connectivity index (χ0v) is 11.4. The second-order valence-corrected chi connectivity index (χ2v) is 5.03. The van der Waals surface area contributed by atoms with Gasteiger partial charge < -0.3 is 20.1 Å². The summed E-state index contributed by atoms with van der Waals surface area (Å²) in [6, 6.07) is 1.74. The van der Waals surface area contributed by atoms with E-state index in [9.17, 15) is 9.90 Å². The number of aromatic amines is 1. The number of nitrogens with one attached hydrogen (secondary N) is 2. The van der Waals surface area contributed by atoms with E-state index in [1.807, 2.05) is 20.8 Å². The number of aliphatic hydroxyl groups is 1. The van der Waals surface area contributed by atoms with Gasteiger partial charge in [-0.1, -0.05) is 13.8 Å². The van der Waals surface area contributed by atoms with Gasteiger partial charge in [0.2, 0.25) is 0 Å². The highest BCUT2D eigenvalue weighted by Gasteiger charge is 2.24. The standard InChI is InChI=1S/C13H22N2O3/c1-9(2)13(3,17)8-14-6-10-5-11(15-7-10)12(16)18-4/h5,7,9,14-15,17H,6,8H2,1-4H3. The molecule has 0 bridgehead atoms. The lowest BCUT2D eigenvalue weighted by molar-refractivity contribution is 0.0140. The first kappa shape index (κ1) is 14.7. The topological polar surface area (TPSA) is 74.3 Å². The zero-order valence-electron chi connectivity index (χ0n) is 11.4. The van der Waals surface area contributed by atoms with E-state index in [-0.39, 0.29) is 11.9 Å². The number of hydrogen-bond acceptors (Lipinski definition) is 4. The first-order chi connectivity index (χ1) is 8.36. The molecule has 0 radical (unpaired) electrons. The van der Waals surface area contributed by atoms with Crippen molar-refractivity contribution in [1.82, 2.24) is 10.3 Å².